The second-order valence-electron chi connectivity index (χ2n) is 6.11. The first-order valence-electron chi connectivity index (χ1n) is 7.69. The monoisotopic (exact) mass is 350 g/mol. The largest absolute Gasteiger partial charge is 0.504 e. The molecule has 1 aromatic rings. The first kappa shape index (κ1) is 17.2. The molecule has 25 heavy (non-hydrogen) atoms. The Morgan fingerprint density at radius 3 is 2.88 bits per heavy atom. The van der Waals surface area contributed by atoms with Crippen molar-refractivity contribution in [2.45, 2.75) is 36.8 Å². The summed E-state index contributed by atoms with van der Waals surface area (Å²) in [5, 5.41) is 29.8. The molecular weight excluding hydrogens is 332 g/mol. The maximum absolute atomic E-state index is 12.0. The smallest absolute Gasteiger partial charge is 0.338 e. The van der Waals surface area contributed by atoms with Crippen molar-refractivity contribution in [3.8, 4) is 11.5 Å². The van der Waals surface area contributed by atoms with Crippen molar-refractivity contribution in [1.29, 1.82) is 0 Å². The molecule has 1 aromatic carbocycles. The molecule has 0 radical (unpaired) electrons. The van der Waals surface area contributed by atoms with E-state index in [1.807, 2.05) is 0 Å². The zero-order chi connectivity index (χ0) is 18.2. The molecule has 0 amide bonds. The number of carbonyl (C=O) groups excluding carboxylic acids is 2. The van der Waals surface area contributed by atoms with Crippen molar-refractivity contribution in [2.75, 3.05) is 7.11 Å². The summed E-state index contributed by atoms with van der Waals surface area (Å²) in [7, 11) is 1.41. The third-order valence-electron chi connectivity index (χ3n) is 4.36. The van der Waals surface area contributed by atoms with Gasteiger partial charge in [-0.3, -0.25) is 0 Å². The standard InChI is InChI=1S/C17H18O8/c1-23-11-6-9(2-4-10(11)18)3-5-14(19)24-12-7-17(22)8-13(15(12)20)25-16(17)21/h2-6,12-13,15,18,20,22H,7-8H2,1H3/b5-3+/t12-,13?,15+,17-/m0/s1. The van der Waals surface area contributed by atoms with Crippen molar-refractivity contribution >= 4 is 18.0 Å². The number of aromatic hydroxyl groups is 1. The lowest BCUT2D eigenvalue weighted by molar-refractivity contribution is -0.162. The van der Waals surface area contributed by atoms with Crippen molar-refractivity contribution in [1.82, 2.24) is 0 Å². The minimum absolute atomic E-state index is 0.00973. The molecule has 8 heteroatoms. The zero-order valence-corrected chi connectivity index (χ0v) is 13.4. The number of esters is 2. The lowest BCUT2D eigenvalue weighted by Gasteiger charge is -2.32. The summed E-state index contributed by atoms with van der Waals surface area (Å²) in [6.45, 7) is 0. The van der Waals surface area contributed by atoms with E-state index in [1.165, 1.54) is 25.3 Å². The number of hydrogen-bond acceptors (Lipinski definition) is 8. The first-order valence-corrected chi connectivity index (χ1v) is 7.69. The Hall–Kier alpha value is -2.58. The molecule has 4 atom stereocenters. The topological polar surface area (TPSA) is 123 Å². The van der Waals surface area contributed by atoms with Crippen molar-refractivity contribution in [3.63, 3.8) is 0 Å². The van der Waals surface area contributed by atoms with Gasteiger partial charge in [-0.2, -0.15) is 0 Å². The third-order valence-corrected chi connectivity index (χ3v) is 4.36. The van der Waals surface area contributed by atoms with Gasteiger partial charge in [0.05, 0.1) is 7.11 Å². The molecule has 1 heterocycles. The van der Waals surface area contributed by atoms with E-state index in [2.05, 4.69) is 0 Å². The molecule has 1 saturated carbocycles. The highest BCUT2D eigenvalue weighted by Crippen LogP contribution is 2.39. The summed E-state index contributed by atoms with van der Waals surface area (Å²) >= 11 is 0. The van der Waals surface area contributed by atoms with Crippen LogP contribution in [0.3, 0.4) is 0 Å². The SMILES string of the molecule is COc1cc(/C=C/C(=O)O[C@H]2C[C@]3(O)CC(OC3=O)[C@@H]2O)ccc1O. The fraction of sp³-hybridized carbons (Fsp3) is 0.412. The van der Waals surface area contributed by atoms with Gasteiger partial charge in [0.25, 0.3) is 0 Å². The van der Waals surface area contributed by atoms with Crippen LogP contribution in [0.1, 0.15) is 18.4 Å². The zero-order valence-electron chi connectivity index (χ0n) is 13.4. The molecular formula is C17H18O8. The van der Waals surface area contributed by atoms with Gasteiger partial charge in [-0.25, -0.2) is 9.59 Å². The van der Waals surface area contributed by atoms with Crippen LogP contribution in [0.25, 0.3) is 6.08 Å². The Morgan fingerprint density at radius 2 is 2.16 bits per heavy atom. The van der Waals surface area contributed by atoms with Crippen LogP contribution < -0.4 is 4.74 Å². The molecule has 1 aliphatic carbocycles. The molecule has 2 fully saturated rings. The van der Waals surface area contributed by atoms with Crippen LogP contribution in [0.2, 0.25) is 0 Å². The molecule has 134 valence electrons. The number of aliphatic hydroxyl groups is 2. The molecule has 2 aliphatic rings. The molecule has 3 N–H and O–H groups in total. The van der Waals surface area contributed by atoms with E-state index in [-0.39, 0.29) is 24.3 Å². The maximum Gasteiger partial charge on any atom is 0.338 e. The summed E-state index contributed by atoms with van der Waals surface area (Å²) in [5.74, 6) is -1.32. The summed E-state index contributed by atoms with van der Waals surface area (Å²) < 4.78 is 15.0. The third kappa shape index (κ3) is 3.31. The van der Waals surface area contributed by atoms with E-state index in [4.69, 9.17) is 14.2 Å². The van der Waals surface area contributed by atoms with Gasteiger partial charge in [-0.05, 0) is 23.8 Å². The molecule has 2 bridgehead atoms. The van der Waals surface area contributed by atoms with Crippen LogP contribution in [0.4, 0.5) is 0 Å². The van der Waals surface area contributed by atoms with Crippen LogP contribution >= 0.6 is 0 Å². The predicted octanol–water partition coefficient (Wildman–Crippen LogP) is 0.137. The number of aliphatic hydroxyl groups excluding tert-OH is 1. The number of ether oxygens (including phenoxy) is 3. The van der Waals surface area contributed by atoms with E-state index in [0.29, 0.717) is 5.56 Å². The molecule has 1 saturated heterocycles. The van der Waals surface area contributed by atoms with Gasteiger partial charge in [-0.15, -0.1) is 0 Å². The van der Waals surface area contributed by atoms with Crippen molar-refractivity contribution < 1.29 is 39.1 Å². The molecule has 0 aromatic heterocycles. The second kappa shape index (κ2) is 6.38. The Morgan fingerprint density at radius 1 is 1.40 bits per heavy atom. The van der Waals surface area contributed by atoms with Crippen LogP contribution in [0, 0.1) is 0 Å². The van der Waals surface area contributed by atoms with Gasteiger partial charge in [0, 0.05) is 18.9 Å². The fourth-order valence-corrected chi connectivity index (χ4v) is 3.02. The van der Waals surface area contributed by atoms with Crippen LogP contribution in [0.5, 0.6) is 11.5 Å². The number of phenols is 1. The number of rotatable bonds is 4. The summed E-state index contributed by atoms with van der Waals surface area (Å²) in [4.78, 5) is 23.5. The highest BCUT2D eigenvalue weighted by atomic mass is 16.6. The van der Waals surface area contributed by atoms with E-state index < -0.39 is 35.9 Å². The van der Waals surface area contributed by atoms with E-state index in [1.54, 1.807) is 6.07 Å². The quantitative estimate of drug-likeness (QED) is 0.518. The Balaban J connectivity index is 1.65. The van der Waals surface area contributed by atoms with E-state index >= 15 is 0 Å². The second-order valence-corrected chi connectivity index (χ2v) is 6.11. The summed E-state index contributed by atoms with van der Waals surface area (Å²) in [5.41, 5.74) is -1.13. The number of fused-ring (bicyclic) bond motifs is 2. The highest BCUT2D eigenvalue weighted by molar-refractivity contribution is 5.87. The fourth-order valence-electron chi connectivity index (χ4n) is 3.02. The Labute approximate surface area is 143 Å². The van der Waals surface area contributed by atoms with Crippen molar-refractivity contribution in [3.05, 3.63) is 29.8 Å². The summed E-state index contributed by atoms with van der Waals surface area (Å²) in [6.07, 6.45) is -0.735. The van der Waals surface area contributed by atoms with Gasteiger partial charge in [0.2, 0.25) is 0 Å². The lowest BCUT2D eigenvalue weighted by Crippen LogP contribution is -2.50. The van der Waals surface area contributed by atoms with E-state index in [9.17, 15) is 24.9 Å². The summed E-state index contributed by atoms with van der Waals surface area (Å²) in [6, 6.07) is 4.53. The number of benzene rings is 1. The van der Waals surface area contributed by atoms with Crippen LogP contribution in [0.15, 0.2) is 24.3 Å². The maximum atomic E-state index is 12.0. The van der Waals surface area contributed by atoms with Gasteiger partial charge < -0.3 is 29.5 Å². The average Bonchev–Trinajstić information content (AvgIpc) is 2.83. The number of hydrogen-bond donors (Lipinski definition) is 3. The molecule has 3 rings (SSSR count). The molecule has 8 nitrogen and oxygen atoms in total. The first-order chi connectivity index (χ1) is 11.8. The minimum atomic E-state index is -1.72. The highest BCUT2D eigenvalue weighted by Gasteiger charge is 2.58. The molecule has 0 spiro atoms. The number of methoxy groups -OCH3 is 1. The number of phenolic OH excluding ortho intramolecular Hbond substituents is 1. The lowest BCUT2D eigenvalue weighted by atomic mass is 9.82. The molecule has 1 aliphatic heterocycles. The van der Waals surface area contributed by atoms with Crippen LogP contribution in [-0.4, -0.2) is 58.3 Å². The minimum Gasteiger partial charge on any atom is -0.504 e. The predicted molar refractivity (Wildman–Crippen MR) is 83.6 cm³/mol. The van der Waals surface area contributed by atoms with Crippen molar-refractivity contribution in [2.24, 2.45) is 0 Å². The average molecular weight is 350 g/mol. The number of carbonyl (C=O) groups is 2. The van der Waals surface area contributed by atoms with E-state index in [0.717, 1.165) is 6.08 Å². The van der Waals surface area contributed by atoms with Gasteiger partial charge >= 0.3 is 11.9 Å². The Kier molecular flexibility index (Phi) is 4.40. The van der Waals surface area contributed by atoms with Gasteiger partial charge in [0.15, 0.2) is 17.1 Å². The van der Waals surface area contributed by atoms with Crippen LogP contribution in [-0.2, 0) is 19.1 Å². The molecule has 1 unspecified atom stereocenters. The van der Waals surface area contributed by atoms with Gasteiger partial charge in [0.1, 0.15) is 18.3 Å². The normalized spacial score (nSPS) is 31.0. The Bertz CT molecular complexity index is 727. The van der Waals surface area contributed by atoms with Gasteiger partial charge in [-0.1, -0.05) is 6.07 Å².